The fourth-order valence-corrected chi connectivity index (χ4v) is 3.19. The summed E-state index contributed by atoms with van der Waals surface area (Å²) in [5, 5.41) is 2.75. The highest BCUT2D eigenvalue weighted by molar-refractivity contribution is 7.92. The number of nitrogens with one attached hydrogen (secondary N) is 2. The second-order valence-corrected chi connectivity index (χ2v) is 6.75. The Hall–Kier alpha value is -2.38. The molecule has 0 saturated heterocycles. The summed E-state index contributed by atoms with van der Waals surface area (Å²) in [4.78, 5) is 12.4. The van der Waals surface area contributed by atoms with Crippen LogP contribution in [0.1, 0.15) is 16.8 Å². The van der Waals surface area contributed by atoms with Gasteiger partial charge in [-0.05, 0) is 30.7 Å². The minimum atomic E-state index is -3.75. The molecule has 0 aliphatic rings. The first kappa shape index (κ1) is 18.0. The highest BCUT2D eigenvalue weighted by atomic mass is 32.2. The Morgan fingerprint density at radius 1 is 1.04 bits per heavy atom. The van der Waals surface area contributed by atoms with Gasteiger partial charge in [-0.25, -0.2) is 8.42 Å². The van der Waals surface area contributed by atoms with Crippen molar-refractivity contribution in [3.8, 4) is 0 Å². The molecule has 2 N–H and O–H groups in total. The van der Waals surface area contributed by atoms with Crippen LogP contribution < -0.4 is 10.0 Å². The number of ether oxygens (including phenoxy) is 1. The predicted molar refractivity (Wildman–Crippen MR) is 92.5 cm³/mol. The molecule has 0 fully saturated rings. The Labute approximate surface area is 141 Å². The van der Waals surface area contributed by atoms with Gasteiger partial charge in [0.15, 0.2) is 0 Å². The molecule has 0 saturated carbocycles. The van der Waals surface area contributed by atoms with Crippen molar-refractivity contribution in [2.45, 2.75) is 11.3 Å². The van der Waals surface area contributed by atoms with Crippen LogP contribution in [-0.2, 0) is 14.8 Å². The van der Waals surface area contributed by atoms with E-state index >= 15 is 0 Å². The third-order valence-corrected chi connectivity index (χ3v) is 4.66. The van der Waals surface area contributed by atoms with Gasteiger partial charge in [0, 0.05) is 20.3 Å². The van der Waals surface area contributed by atoms with Gasteiger partial charge >= 0.3 is 0 Å². The lowest BCUT2D eigenvalue weighted by atomic mass is 10.1. The highest BCUT2D eigenvalue weighted by Crippen LogP contribution is 2.20. The number of amides is 1. The monoisotopic (exact) mass is 348 g/mol. The van der Waals surface area contributed by atoms with Crippen LogP contribution in [0.4, 0.5) is 5.69 Å². The lowest BCUT2D eigenvalue weighted by Crippen LogP contribution is -2.26. The smallest absolute Gasteiger partial charge is 0.261 e. The average molecular weight is 348 g/mol. The van der Waals surface area contributed by atoms with Crippen LogP contribution >= 0.6 is 0 Å². The molecule has 0 atom stereocenters. The minimum Gasteiger partial charge on any atom is -0.385 e. The van der Waals surface area contributed by atoms with Gasteiger partial charge in [-0.15, -0.1) is 0 Å². The molecule has 2 aromatic carbocycles. The van der Waals surface area contributed by atoms with E-state index in [1.165, 1.54) is 12.1 Å². The van der Waals surface area contributed by atoms with Gasteiger partial charge < -0.3 is 10.1 Å². The van der Waals surface area contributed by atoms with E-state index in [0.29, 0.717) is 19.6 Å². The average Bonchev–Trinajstić information content (AvgIpc) is 2.59. The molecule has 128 valence electrons. The van der Waals surface area contributed by atoms with Crippen molar-refractivity contribution in [3.05, 3.63) is 60.2 Å². The zero-order chi connectivity index (χ0) is 17.4. The molecule has 0 radical (unpaired) electrons. The number of methoxy groups -OCH3 is 1. The van der Waals surface area contributed by atoms with E-state index in [-0.39, 0.29) is 22.1 Å². The maximum atomic E-state index is 12.4. The zero-order valence-electron chi connectivity index (χ0n) is 13.4. The van der Waals surface area contributed by atoms with Gasteiger partial charge in [0.25, 0.3) is 15.9 Å². The largest absolute Gasteiger partial charge is 0.385 e. The number of para-hydroxylation sites is 1. The van der Waals surface area contributed by atoms with Crippen LogP contribution in [0.5, 0.6) is 0 Å². The maximum absolute atomic E-state index is 12.4. The van der Waals surface area contributed by atoms with E-state index in [1.54, 1.807) is 49.6 Å². The van der Waals surface area contributed by atoms with Crippen molar-refractivity contribution in [2.75, 3.05) is 25.0 Å². The second-order valence-electron chi connectivity index (χ2n) is 5.07. The zero-order valence-corrected chi connectivity index (χ0v) is 14.2. The number of sulfonamides is 1. The SMILES string of the molecule is COCCCNC(=O)c1ccccc1NS(=O)(=O)c1ccccc1. The Balaban J connectivity index is 2.15. The molecule has 0 bridgehead atoms. The Morgan fingerprint density at radius 3 is 2.42 bits per heavy atom. The quantitative estimate of drug-likeness (QED) is 0.717. The van der Waals surface area contributed by atoms with Crippen molar-refractivity contribution in [3.63, 3.8) is 0 Å². The number of carbonyl (C=O) groups is 1. The molecule has 24 heavy (non-hydrogen) atoms. The topological polar surface area (TPSA) is 84.5 Å². The van der Waals surface area contributed by atoms with Crippen molar-refractivity contribution in [1.82, 2.24) is 5.32 Å². The van der Waals surface area contributed by atoms with Crippen molar-refractivity contribution < 1.29 is 17.9 Å². The standard InChI is InChI=1S/C17H20N2O4S/c1-23-13-7-12-18-17(20)15-10-5-6-11-16(15)19-24(21,22)14-8-3-2-4-9-14/h2-6,8-11,19H,7,12-13H2,1H3,(H,18,20). The van der Waals surface area contributed by atoms with Gasteiger partial charge in [0.1, 0.15) is 0 Å². The molecule has 0 spiro atoms. The summed E-state index contributed by atoms with van der Waals surface area (Å²) in [5.74, 6) is -0.336. The van der Waals surface area contributed by atoms with Crippen LogP contribution in [0.25, 0.3) is 0 Å². The molecule has 0 heterocycles. The van der Waals surface area contributed by atoms with Gasteiger partial charge in [-0.3, -0.25) is 9.52 Å². The third-order valence-electron chi connectivity index (χ3n) is 3.28. The van der Waals surface area contributed by atoms with E-state index in [2.05, 4.69) is 10.0 Å². The normalized spacial score (nSPS) is 11.0. The number of benzene rings is 2. The van der Waals surface area contributed by atoms with Gasteiger partial charge in [-0.2, -0.15) is 0 Å². The van der Waals surface area contributed by atoms with Crippen LogP contribution in [0.15, 0.2) is 59.5 Å². The fourth-order valence-electron chi connectivity index (χ4n) is 2.09. The second kappa shape index (κ2) is 8.47. The summed E-state index contributed by atoms with van der Waals surface area (Å²) >= 11 is 0. The number of carbonyl (C=O) groups excluding carboxylic acids is 1. The molecular weight excluding hydrogens is 328 g/mol. The van der Waals surface area contributed by atoms with E-state index in [0.717, 1.165) is 0 Å². The molecule has 7 heteroatoms. The molecule has 0 unspecified atom stereocenters. The number of hydrogen-bond donors (Lipinski definition) is 2. The first-order chi connectivity index (χ1) is 11.5. The van der Waals surface area contributed by atoms with E-state index in [9.17, 15) is 13.2 Å². The Morgan fingerprint density at radius 2 is 1.71 bits per heavy atom. The summed E-state index contributed by atoms with van der Waals surface area (Å²) in [6, 6.07) is 14.5. The van der Waals surface area contributed by atoms with Gasteiger partial charge in [0.05, 0.1) is 16.1 Å². The summed E-state index contributed by atoms with van der Waals surface area (Å²) < 4.78 is 32.2. The van der Waals surface area contributed by atoms with E-state index in [1.807, 2.05) is 0 Å². The van der Waals surface area contributed by atoms with Gasteiger partial charge in [-0.1, -0.05) is 30.3 Å². The summed E-state index contributed by atoms with van der Waals surface area (Å²) in [6.07, 6.45) is 0.681. The number of rotatable bonds is 8. The van der Waals surface area contributed by atoms with Crippen molar-refractivity contribution in [2.24, 2.45) is 0 Å². The molecule has 1 amide bonds. The van der Waals surface area contributed by atoms with E-state index < -0.39 is 10.0 Å². The first-order valence-electron chi connectivity index (χ1n) is 7.48. The first-order valence-corrected chi connectivity index (χ1v) is 8.97. The Kier molecular flexibility index (Phi) is 6.34. The van der Waals surface area contributed by atoms with Crippen LogP contribution in [-0.4, -0.2) is 34.6 Å². The molecule has 2 aromatic rings. The molecular formula is C17H20N2O4S. The molecule has 0 aliphatic heterocycles. The number of hydrogen-bond acceptors (Lipinski definition) is 4. The Bertz CT molecular complexity index is 776. The van der Waals surface area contributed by atoms with Crippen LogP contribution in [0, 0.1) is 0 Å². The van der Waals surface area contributed by atoms with Gasteiger partial charge in [0.2, 0.25) is 0 Å². The predicted octanol–water partition coefficient (Wildman–Crippen LogP) is 2.25. The van der Waals surface area contributed by atoms with Crippen molar-refractivity contribution >= 4 is 21.6 Å². The van der Waals surface area contributed by atoms with Crippen LogP contribution in [0.2, 0.25) is 0 Å². The summed E-state index contributed by atoms with van der Waals surface area (Å²) in [7, 11) is -2.16. The minimum absolute atomic E-state index is 0.139. The number of anilines is 1. The molecule has 6 nitrogen and oxygen atoms in total. The maximum Gasteiger partial charge on any atom is 0.261 e. The lowest BCUT2D eigenvalue weighted by Gasteiger charge is -2.12. The summed E-state index contributed by atoms with van der Waals surface area (Å²) in [6.45, 7) is 0.995. The lowest BCUT2D eigenvalue weighted by molar-refractivity contribution is 0.0949. The fraction of sp³-hybridized carbons (Fsp3) is 0.235. The third kappa shape index (κ3) is 4.81. The van der Waals surface area contributed by atoms with Crippen molar-refractivity contribution in [1.29, 1.82) is 0 Å². The van der Waals surface area contributed by atoms with Crippen LogP contribution in [0.3, 0.4) is 0 Å². The molecule has 0 aromatic heterocycles. The summed E-state index contributed by atoms with van der Waals surface area (Å²) in [5.41, 5.74) is 0.514. The van der Waals surface area contributed by atoms with E-state index in [4.69, 9.17) is 4.74 Å². The molecule has 0 aliphatic carbocycles. The highest BCUT2D eigenvalue weighted by Gasteiger charge is 2.18. The molecule has 2 rings (SSSR count).